The van der Waals surface area contributed by atoms with E-state index in [4.69, 9.17) is 0 Å². The molecule has 38 heavy (non-hydrogen) atoms. The Morgan fingerprint density at radius 3 is 1.74 bits per heavy atom. The largest absolute Gasteiger partial charge is 0.343 e. The molecule has 206 valence electrons. The number of nitrogens with zero attached hydrogens (tertiary/aromatic N) is 2. The molecule has 2 heterocycles. The minimum atomic E-state index is -0.681. The summed E-state index contributed by atoms with van der Waals surface area (Å²) in [5.41, 5.74) is 1.68. The number of rotatable bonds is 11. The van der Waals surface area contributed by atoms with Crippen molar-refractivity contribution < 1.29 is 19.2 Å². The molecule has 3 rings (SSSR count). The van der Waals surface area contributed by atoms with E-state index in [2.05, 4.69) is 33.1 Å². The number of amides is 4. The van der Waals surface area contributed by atoms with Crippen LogP contribution >= 0.6 is 0 Å². The van der Waals surface area contributed by atoms with E-state index in [1.807, 2.05) is 29.2 Å². The first-order valence-electron chi connectivity index (χ1n) is 13.4. The van der Waals surface area contributed by atoms with E-state index in [9.17, 15) is 19.2 Å². The summed E-state index contributed by atoms with van der Waals surface area (Å²) in [5.74, 6) is 5.54. The average Bonchev–Trinajstić information content (AvgIpc) is 3.63. The minimum absolute atomic E-state index is 0.0511. The fraction of sp³-hybridized carbons (Fsp3) is 0.571. The Labute approximate surface area is 225 Å². The number of carbonyl (C=O) groups is 4. The van der Waals surface area contributed by atoms with Crippen LogP contribution < -0.4 is 21.3 Å². The first kappa shape index (κ1) is 29.1. The number of hydrogen-bond acceptors (Lipinski definition) is 6. The summed E-state index contributed by atoms with van der Waals surface area (Å²) in [5, 5.41) is 11.3. The van der Waals surface area contributed by atoms with E-state index in [0.717, 1.165) is 49.9 Å². The molecular formula is C28H40N6O4. The second-order valence-corrected chi connectivity index (χ2v) is 9.77. The Morgan fingerprint density at radius 2 is 1.24 bits per heavy atom. The second kappa shape index (κ2) is 15.1. The molecule has 4 N–H and O–H groups in total. The summed E-state index contributed by atoms with van der Waals surface area (Å²) >= 11 is 0. The van der Waals surface area contributed by atoms with E-state index in [1.165, 1.54) is 0 Å². The van der Waals surface area contributed by atoms with Gasteiger partial charge < -0.3 is 31.1 Å². The molecule has 2 atom stereocenters. The first-order valence-corrected chi connectivity index (χ1v) is 13.4. The molecule has 2 unspecified atom stereocenters. The smallest absolute Gasteiger partial charge is 0.246 e. The lowest BCUT2D eigenvalue weighted by molar-refractivity contribution is -0.135. The zero-order valence-corrected chi connectivity index (χ0v) is 22.5. The van der Waals surface area contributed by atoms with Crippen LogP contribution in [0.3, 0.4) is 0 Å². The fourth-order valence-corrected chi connectivity index (χ4v) is 4.74. The molecule has 2 saturated heterocycles. The molecule has 0 bridgehead atoms. The Kier molecular flexibility index (Phi) is 11.6. The maximum absolute atomic E-state index is 13.0. The molecule has 1 aromatic rings. The van der Waals surface area contributed by atoms with E-state index < -0.39 is 12.1 Å². The molecule has 1 aromatic carbocycles. The zero-order valence-electron chi connectivity index (χ0n) is 22.5. The average molecular weight is 525 g/mol. The van der Waals surface area contributed by atoms with Crippen molar-refractivity contribution in [2.24, 2.45) is 0 Å². The molecule has 10 heteroatoms. The molecule has 2 fully saturated rings. The molecule has 0 saturated carbocycles. The quantitative estimate of drug-likeness (QED) is 0.293. The van der Waals surface area contributed by atoms with Crippen molar-refractivity contribution in [3.8, 4) is 11.8 Å². The van der Waals surface area contributed by atoms with Crippen molar-refractivity contribution in [2.45, 2.75) is 50.6 Å². The lowest BCUT2D eigenvalue weighted by atomic mass is 10.0. The third-order valence-electron chi connectivity index (χ3n) is 6.71. The van der Waals surface area contributed by atoms with Crippen molar-refractivity contribution >= 4 is 23.6 Å². The molecule has 4 amide bonds. The fourth-order valence-electron chi connectivity index (χ4n) is 4.74. The molecule has 0 radical (unpaired) electrons. The van der Waals surface area contributed by atoms with Crippen molar-refractivity contribution in [1.29, 1.82) is 0 Å². The van der Waals surface area contributed by atoms with Crippen LogP contribution in [0.15, 0.2) is 24.3 Å². The zero-order chi connectivity index (χ0) is 27.3. The van der Waals surface area contributed by atoms with Crippen LogP contribution in [-0.4, -0.2) is 98.9 Å². The number of carbonyl (C=O) groups excluding carboxylic acids is 4. The van der Waals surface area contributed by atoms with Crippen LogP contribution in [-0.2, 0) is 25.6 Å². The molecule has 2 aliphatic rings. The maximum Gasteiger partial charge on any atom is 0.246 e. The monoisotopic (exact) mass is 524 g/mol. The molecule has 0 aliphatic carbocycles. The lowest BCUT2D eigenvalue weighted by Gasteiger charge is -2.24. The normalized spacial score (nSPS) is 16.4. The SMILES string of the molecule is CNCC(=O)NC(CC#Cc1ccc(CC(NC(=O)CNC)C(=O)N2CCCC2)cc1)C(=O)N1CCCC1. The highest BCUT2D eigenvalue weighted by Gasteiger charge is 2.28. The van der Waals surface area contributed by atoms with Gasteiger partial charge in [-0.25, -0.2) is 0 Å². The standard InChI is InChI=1S/C28H40N6O4/c1-29-19-25(35)31-23(27(37)33-14-3-4-15-33)9-7-8-21-10-12-22(13-11-21)18-24(32-26(36)20-30-2)28(38)34-16-5-6-17-34/h10-13,23-24,29-30H,3-6,9,14-20H2,1-2H3,(H,31,35)(H,32,36). The van der Waals surface area contributed by atoms with Gasteiger partial charge in [-0.2, -0.15) is 0 Å². The highest BCUT2D eigenvalue weighted by Crippen LogP contribution is 2.14. The van der Waals surface area contributed by atoms with Crippen LogP contribution in [0.5, 0.6) is 0 Å². The number of hydrogen-bond donors (Lipinski definition) is 4. The Bertz CT molecular complexity index is 1020. The van der Waals surface area contributed by atoms with E-state index in [-0.39, 0.29) is 43.1 Å². The van der Waals surface area contributed by atoms with E-state index in [0.29, 0.717) is 19.5 Å². The van der Waals surface area contributed by atoms with Gasteiger partial charge in [0.1, 0.15) is 12.1 Å². The van der Waals surface area contributed by atoms with Gasteiger partial charge in [0.25, 0.3) is 0 Å². The van der Waals surface area contributed by atoms with Gasteiger partial charge >= 0.3 is 0 Å². The van der Waals surface area contributed by atoms with Crippen LogP contribution in [0.25, 0.3) is 0 Å². The maximum atomic E-state index is 13.0. The summed E-state index contributed by atoms with van der Waals surface area (Å²) in [4.78, 5) is 53.9. The van der Waals surface area contributed by atoms with Gasteiger partial charge in [0, 0.05) is 44.6 Å². The molecular weight excluding hydrogens is 484 g/mol. The minimum Gasteiger partial charge on any atom is -0.343 e. The molecule has 10 nitrogen and oxygen atoms in total. The van der Waals surface area contributed by atoms with Crippen molar-refractivity contribution in [1.82, 2.24) is 31.1 Å². The first-order chi connectivity index (χ1) is 18.4. The van der Waals surface area contributed by atoms with Gasteiger partial charge in [0.15, 0.2) is 0 Å². The van der Waals surface area contributed by atoms with Gasteiger partial charge in [0.05, 0.1) is 13.1 Å². The van der Waals surface area contributed by atoms with Gasteiger partial charge in [-0.05, 0) is 57.5 Å². The highest BCUT2D eigenvalue weighted by molar-refractivity contribution is 5.89. The Hall–Kier alpha value is -3.42. The van der Waals surface area contributed by atoms with Gasteiger partial charge in [-0.1, -0.05) is 24.0 Å². The van der Waals surface area contributed by atoms with E-state index >= 15 is 0 Å². The topological polar surface area (TPSA) is 123 Å². The van der Waals surface area contributed by atoms with Crippen LogP contribution in [0.4, 0.5) is 0 Å². The van der Waals surface area contributed by atoms with Crippen LogP contribution in [0.2, 0.25) is 0 Å². The predicted octanol–water partition coefficient (Wildman–Crippen LogP) is -0.376. The van der Waals surface area contributed by atoms with Crippen LogP contribution in [0.1, 0.15) is 43.2 Å². The molecule has 0 spiro atoms. The van der Waals surface area contributed by atoms with Crippen molar-refractivity contribution in [3.05, 3.63) is 35.4 Å². The van der Waals surface area contributed by atoms with Gasteiger partial charge in [-0.15, -0.1) is 0 Å². The predicted molar refractivity (Wildman–Crippen MR) is 145 cm³/mol. The number of likely N-dealkylation sites (N-methyl/N-ethyl adjacent to an activating group) is 2. The molecule has 0 aromatic heterocycles. The summed E-state index contributed by atoms with van der Waals surface area (Å²) in [7, 11) is 3.37. The Morgan fingerprint density at radius 1 is 0.763 bits per heavy atom. The summed E-state index contributed by atoms with van der Waals surface area (Å²) < 4.78 is 0. The summed E-state index contributed by atoms with van der Waals surface area (Å²) in [6.45, 7) is 3.15. The lowest BCUT2D eigenvalue weighted by Crippen LogP contribution is -2.50. The van der Waals surface area contributed by atoms with E-state index in [1.54, 1.807) is 19.0 Å². The van der Waals surface area contributed by atoms with Gasteiger partial charge in [0.2, 0.25) is 23.6 Å². The molecule has 2 aliphatic heterocycles. The number of nitrogens with one attached hydrogen (secondary N) is 4. The third kappa shape index (κ3) is 8.85. The number of benzene rings is 1. The van der Waals surface area contributed by atoms with Crippen molar-refractivity contribution in [3.63, 3.8) is 0 Å². The summed E-state index contributed by atoms with van der Waals surface area (Å²) in [6, 6.07) is 6.24. The van der Waals surface area contributed by atoms with Crippen LogP contribution in [0, 0.1) is 11.8 Å². The summed E-state index contributed by atoms with van der Waals surface area (Å²) in [6.07, 6.45) is 4.54. The highest BCUT2D eigenvalue weighted by atomic mass is 16.2. The third-order valence-corrected chi connectivity index (χ3v) is 6.71. The Balaban J connectivity index is 1.64. The number of likely N-dealkylation sites (tertiary alicyclic amines) is 2. The van der Waals surface area contributed by atoms with Gasteiger partial charge in [-0.3, -0.25) is 19.2 Å². The second-order valence-electron chi connectivity index (χ2n) is 9.77. The van der Waals surface area contributed by atoms with Crippen molar-refractivity contribution in [2.75, 3.05) is 53.4 Å².